The SMILES string of the molecule is COc1ccc(OCCCCC(C)(O)CN)cc1. The Bertz CT molecular complexity index is 335. The normalized spacial score (nSPS) is 14.0. The lowest BCUT2D eigenvalue weighted by Gasteiger charge is -2.20. The number of unbranched alkanes of at least 4 members (excludes halogenated alkanes) is 1. The highest BCUT2D eigenvalue weighted by molar-refractivity contribution is 5.31. The lowest BCUT2D eigenvalue weighted by atomic mass is 10.00. The van der Waals surface area contributed by atoms with E-state index in [1.165, 1.54) is 0 Å². The largest absolute Gasteiger partial charge is 0.497 e. The maximum atomic E-state index is 9.72. The molecule has 1 unspecified atom stereocenters. The fourth-order valence-electron chi connectivity index (χ4n) is 1.57. The first-order valence-electron chi connectivity index (χ1n) is 6.27. The first-order chi connectivity index (χ1) is 8.57. The van der Waals surface area contributed by atoms with Crippen LogP contribution in [0.2, 0.25) is 0 Å². The van der Waals surface area contributed by atoms with E-state index in [0.717, 1.165) is 24.3 Å². The maximum Gasteiger partial charge on any atom is 0.119 e. The van der Waals surface area contributed by atoms with Crippen molar-refractivity contribution in [1.29, 1.82) is 0 Å². The van der Waals surface area contributed by atoms with Gasteiger partial charge in [-0.2, -0.15) is 0 Å². The molecule has 0 saturated carbocycles. The molecule has 0 bridgehead atoms. The molecular weight excluding hydrogens is 230 g/mol. The average Bonchev–Trinajstić information content (AvgIpc) is 2.39. The summed E-state index contributed by atoms with van der Waals surface area (Å²) in [6, 6.07) is 7.51. The van der Waals surface area contributed by atoms with Crippen LogP contribution in [-0.2, 0) is 0 Å². The Hall–Kier alpha value is -1.26. The van der Waals surface area contributed by atoms with Crippen molar-refractivity contribution < 1.29 is 14.6 Å². The molecule has 1 aromatic rings. The van der Waals surface area contributed by atoms with Crippen molar-refractivity contribution in [2.75, 3.05) is 20.3 Å². The molecule has 0 aliphatic rings. The van der Waals surface area contributed by atoms with E-state index >= 15 is 0 Å². The Morgan fingerprint density at radius 2 is 1.78 bits per heavy atom. The van der Waals surface area contributed by atoms with Crippen molar-refractivity contribution in [1.82, 2.24) is 0 Å². The second-order valence-corrected chi connectivity index (χ2v) is 4.68. The summed E-state index contributed by atoms with van der Waals surface area (Å²) in [5.41, 5.74) is 4.70. The van der Waals surface area contributed by atoms with Gasteiger partial charge in [-0.05, 0) is 50.5 Å². The summed E-state index contributed by atoms with van der Waals surface area (Å²) in [6.07, 6.45) is 2.51. The van der Waals surface area contributed by atoms with Crippen LogP contribution in [0.5, 0.6) is 11.5 Å². The zero-order valence-electron chi connectivity index (χ0n) is 11.2. The van der Waals surface area contributed by atoms with Gasteiger partial charge >= 0.3 is 0 Å². The van der Waals surface area contributed by atoms with Crippen molar-refractivity contribution in [3.05, 3.63) is 24.3 Å². The minimum atomic E-state index is -0.750. The van der Waals surface area contributed by atoms with Gasteiger partial charge in [-0.15, -0.1) is 0 Å². The highest BCUT2D eigenvalue weighted by Gasteiger charge is 2.16. The van der Waals surface area contributed by atoms with Crippen LogP contribution in [0, 0.1) is 0 Å². The number of ether oxygens (including phenoxy) is 2. The predicted octanol–water partition coefficient (Wildman–Crippen LogP) is 1.95. The third-order valence-electron chi connectivity index (χ3n) is 2.88. The average molecular weight is 253 g/mol. The predicted molar refractivity (Wildman–Crippen MR) is 72.0 cm³/mol. The molecule has 0 saturated heterocycles. The molecular formula is C14H23NO3. The molecule has 0 amide bonds. The number of methoxy groups -OCH3 is 1. The first kappa shape index (κ1) is 14.8. The highest BCUT2D eigenvalue weighted by Crippen LogP contribution is 2.18. The van der Waals surface area contributed by atoms with Gasteiger partial charge in [0.2, 0.25) is 0 Å². The lowest BCUT2D eigenvalue weighted by Crippen LogP contribution is -2.33. The number of nitrogens with two attached hydrogens (primary N) is 1. The van der Waals surface area contributed by atoms with E-state index in [1.807, 2.05) is 24.3 Å². The summed E-state index contributed by atoms with van der Waals surface area (Å²) >= 11 is 0. The molecule has 1 atom stereocenters. The minimum absolute atomic E-state index is 0.298. The molecule has 0 aromatic heterocycles. The second-order valence-electron chi connectivity index (χ2n) is 4.68. The minimum Gasteiger partial charge on any atom is -0.497 e. The summed E-state index contributed by atoms with van der Waals surface area (Å²) in [6.45, 7) is 2.71. The van der Waals surface area contributed by atoms with Gasteiger partial charge in [-0.25, -0.2) is 0 Å². The van der Waals surface area contributed by atoms with E-state index in [2.05, 4.69) is 0 Å². The molecule has 0 spiro atoms. The Morgan fingerprint density at radius 3 is 2.33 bits per heavy atom. The molecule has 0 aliphatic carbocycles. The highest BCUT2D eigenvalue weighted by atomic mass is 16.5. The molecule has 1 rings (SSSR count). The van der Waals surface area contributed by atoms with Gasteiger partial charge in [0.05, 0.1) is 19.3 Å². The lowest BCUT2D eigenvalue weighted by molar-refractivity contribution is 0.0562. The Kier molecular flexibility index (Phi) is 5.95. The van der Waals surface area contributed by atoms with Crippen molar-refractivity contribution in [3.63, 3.8) is 0 Å². The molecule has 4 heteroatoms. The van der Waals surface area contributed by atoms with Crippen LogP contribution in [0.1, 0.15) is 26.2 Å². The second kappa shape index (κ2) is 7.24. The van der Waals surface area contributed by atoms with Crippen LogP contribution < -0.4 is 15.2 Å². The van der Waals surface area contributed by atoms with Gasteiger partial charge < -0.3 is 20.3 Å². The van der Waals surface area contributed by atoms with Crippen molar-refractivity contribution in [2.24, 2.45) is 5.73 Å². The molecule has 18 heavy (non-hydrogen) atoms. The van der Waals surface area contributed by atoms with E-state index in [9.17, 15) is 5.11 Å². The molecule has 1 aromatic carbocycles. The number of benzene rings is 1. The van der Waals surface area contributed by atoms with Crippen LogP contribution in [0.4, 0.5) is 0 Å². The van der Waals surface area contributed by atoms with E-state index in [1.54, 1.807) is 14.0 Å². The summed E-state index contributed by atoms with van der Waals surface area (Å²) in [5, 5.41) is 9.72. The molecule has 0 heterocycles. The summed E-state index contributed by atoms with van der Waals surface area (Å²) in [5.74, 6) is 1.66. The fraction of sp³-hybridized carbons (Fsp3) is 0.571. The van der Waals surface area contributed by atoms with Gasteiger partial charge in [0.25, 0.3) is 0 Å². The number of hydrogen-bond donors (Lipinski definition) is 2. The van der Waals surface area contributed by atoms with E-state index < -0.39 is 5.60 Å². The van der Waals surface area contributed by atoms with E-state index in [-0.39, 0.29) is 0 Å². The first-order valence-corrected chi connectivity index (χ1v) is 6.27. The quantitative estimate of drug-likeness (QED) is 0.695. The van der Waals surface area contributed by atoms with Crippen LogP contribution in [0.3, 0.4) is 0 Å². The summed E-state index contributed by atoms with van der Waals surface area (Å²) in [4.78, 5) is 0. The Morgan fingerprint density at radius 1 is 1.17 bits per heavy atom. The standard InChI is InChI=1S/C14H23NO3/c1-14(16,11-15)9-3-4-10-18-13-7-5-12(17-2)6-8-13/h5-8,16H,3-4,9-11,15H2,1-2H3. The number of aliphatic hydroxyl groups is 1. The molecule has 0 radical (unpaired) electrons. The van der Waals surface area contributed by atoms with Crippen molar-refractivity contribution >= 4 is 0 Å². The fourth-order valence-corrected chi connectivity index (χ4v) is 1.57. The van der Waals surface area contributed by atoms with Crippen molar-refractivity contribution in [3.8, 4) is 11.5 Å². The van der Waals surface area contributed by atoms with Gasteiger partial charge in [0.15, 0.2) is 0 Å². The summed E-state index contributed by atoms with van der Waals surface area (Å²) < 4.78 is 10.7. The van der Waals surface area contributed by atoms with Crippen LogP contribution in [0.25, 0.3) is 0 Å². The maximum absolute atomic E-state index is 9.72. The van der Waals surface area contributed by atoms with E-state index in [4.69, 9.17) is 15.2 Å². The third kappa shape index (κ3) is 5.38. The number of rotatable bonds is 8. The van der Waals surface area contributed by atoms with Gasteiger partial charge in [0.1, 0.15) is 11.5 Å². The Labute approximate surface area is 109 Å². The molecule has 102 valence electrons. The zero-order chi connectivity index (χ0) is 13.4. The van der Waals surface area contributed by atoms with Crippen molar-refractivity contribution in [2.45, 2.75) is 31.8 Å². The Balaban J connectivity index is 2.17. The topological polar surface area (TPSA) is 64.7 Å². The van der Waals surface area contributed by atoms with Crippen LogP contribution in [0.15, 0.2) is 24.3 Å². The third-order valence-corrected chi connectivity index (χ3v) is 2.88. The molecule has 4 nitrogen and oxygen atoms in total. The molecule has 0 aliphatic heterocycles. The van der Waals surface area contributed by atoms with Crippen LogP contribution in [-0.4, -0.2) is 31.0 Å². The summed E-state index contributed by atoms with van der Waals surface area (Å²) in [7, 11) is 1.64. The zero-order valence-corrected chi connectivity index (χ0v) is 11.2. The van der Waals surface area contributed by atoms with Gasteiger partial charge in [0, 0.05) is 6.54 Å². The van der Waals surface area contributed by atoms with Gasteiger partial charge in [-0.1, -0.05) is 0 Å². The molecule has 3 N–H and O–H groups in total. The monoisotopic (exact) mass is 253 g/mol. The van der Waals surface area contributed by atoms with Crippen LogP contribution >= 0.6 is 0 Å². The number of hydrogen-bond acceptors (Lipinski definition) is 4. The van der Waals surface area contributed by atoms with E-state index in [0.29, 0.717) is 19.6 Å². The smallest absolute Gasteiger partial charge is 0.119 e. The molecule has 0 fully saturated rings. The van der Waals surface area contributed by atoms with Gasteiger partial charge in [-0.3, -0.25) is 0 Å².